The van der Waals surface area contributed by atoms with E-state index in [4.69, 9.17) is 0 Å². The fourth-order valence-corrected chi connectivity index (χ4v) is 3.26. The van der Waals surface area contributed by atoms with Crippen LogP contribution in [0.15, 0.2) is 54.6 Å². The number of hydrogen-bond donors (Lipinski definition) is 0. The van der Waals surface area contributed by atoms with Gasteiger partial charge in [-0.1, -0.05) is 48.5 Å². The van der Waals surface area contributed by atoms with E-state index in [9.17, 15) is 5.26 Å². The lowest BCUT2D eigenvalue weighted by molar-refractivity contribution is 0.0978. The Morgan fingerprint density at radius 3 is 2.30 bits per heavy atom. The molecule has 2 aromatic rings. The van der Waals surface area contributed by atoms with Crippen molar-refractivity contribution in [2.24, 2.45) is 0 Å². The minimum absolute atomic E-state index is 0.463. The lowest BCUT2D eigenvalue weighted by atomic mass is 10.1. The fraction of sp³-hybridized carbons (Fsp3) is 0.350. The van der Waals surface area contributed by atoms with Gasteiger partial charge in [0.25, 0.3) is 0 Å². The lowest BCUT2D eigenvalue weighted by Crippen LogP contribution is -2.46. The zero-order valence-electron chi connectivity index (χ0n) is 13.7. The van der Waals surface area contributed by atoms with Crippen molar-refractivity contribution in [3.63, 3.8) is 0 Å². The Bertz CT molecular complexity index is 667. The highest BCUT2D eigenvalue weighted by molar-refractivity contribution is 5.37. The van der Waals surface area contributed by atoms with Crippen LogP contribution in [0.5, 0.6) is 0 Å². The molecule has 1 unspecified atom stereocenters. The van der Waals surface area contributed by atoms with Gasteiger partial charge < -0.3 is 0 Å². The molecule has 118 valence electrons. The number of rotatable bonds is 4. The number of benzene rings is 2. The Kier molecular flexibility index (Phi) is 5.07. The third kappa shape index (κ3) is 3.79. The predicted molar refractivity (Wildman–Crippen MR) is 92.9 cm³/mol. The molecule has 3 rings (SSSR count). The van der Waals surface area contributed by atoms with Gasteiger partial charge in [0.15, 0.2) is 0 Å². The highest BCUT2D eigenvalue weighted by Gasteiger charge is 2.22. The van der Waals surface area contributed by atoms with Crippen LogP contribution in [-0.4, -0.2) is 36.0 Å². The van der Waals surface area contributed by atoms with E-state index < -0.39 is 0 Å². The SMILES string of the molecule is CC(c1ccccc1)N1CCN(Cc2ccccc2C#N)CC1. The largest absolute Gasteiger partial charge is 0.296 e. The zero-order valence-corrected chi connectivity index (χ0v) is 13.7. The van der Waals surface area contributed by atoms with Crippen molar-refractivity contribution in [3.8, 4) is 6.07 Å². The minimum atomic E-state index is 0.463. The summed E-state index contributed by atoms with van der Waals surface area (Å²) in [7, 11) is 0. The predicted octanol–water partition coefficient (Wildman–Crippen LogP) is 3.44. The van der Waals surface area contributed by atoms with Gasteiger partial charge in [0.05, 0.1) is 11.6 Å². The maximum absolute atomic E-state index is 9.21. The molecule has 3 heteroatoms. The third-order valence-corrected chi connectivity index (χ3v) is 4.77. The highest BCUT2D eigenvalue weighted by Crippen LogP contribution is 2.22. The van der Waals surface area contributed by atoms with Crippen molar-refractivity contribution in [2.45, 2.75) is 19.5 Å². The van der Waals surface area contributed by atoms with E-state index in [1.54, 1.807) is 0 Å². The summed E-state index contributed by atoms with van der Waals surface area (Å²) < 4.78 is 0. The van der Waals surface area contributed by atoms with Crippen LogP contribution in [0.3, 0.4) is 0 Å². The van der Waals surface area contributed by atoms with Gasteiger partial charge >= 0.3 is 0 Å². The first-order valence-electron chi connectivity index (χ1n) is 8.27. The molecular weight excluding hydrogens is 282 g/mol. The molecule has 0 bridgehead atoms. The van der Waals surface area contributed by atoms with Gasteiger partial charge in [-0.15, -0.1) is 0 Å². The standard InChI is InChI=1S/C20H23N3/c1-17(18-7-3-2-4-8-18)23-13-11-22(12-14-23)16-20-10-6-5-9-19(20)15-21/h2-10,17H,11-14,16H2,1H3. The van der Waals surface area contributed by atoms with Crippen LogP contribution in [0.4, 0.5) is 0 Å². The van der Waals surface area contributed by atoms with Crippen molar-refractivity contribution >= 4 is 0 Å². The second kappa shape index (κ2) is 7.41. The van der Waals surface area contributed by atoms with Crippen molar-refractivity contribution in [2.75, 3.05) is 26.2 Å². The van der Waals surface area contributed by atoms with Gasteiger partial charge in [-0.3, -0.25) is 9.80 Å². The second-order valence-electron chi connectivity index (χ2n) is 6.17. The molecule has 0 aliphatic carbocycles. The van der Waals surface area contributed by atoms with Crippen LogP contribution in [0, 0.1) is 11.3 Å². The molecular formula is C20H23N3. The van der Waals surface area contributed by atoms with E-state index in [0.717, 1.165) is 43.9 Å². The molecule has 0 saturated carbocycles. The monoisotopic (exact) mass is 305 g/mol. The van der Waals surface area contributed by atoms with Gasteiger partial charge in [0, 0.05) is 38.8 Å². The quantitative estimate of drug-likeness (QED) is 0.867. The summed E-state index contributed by atoms with van der Waals surface area (Å²) in [4.78, 5) is 4.99. The first-order valence-corrected chi connectivity index (χ1v) is 8.27. The van der Waals surface area contributed by atoms with Crippen molar-refractivity contribution in [1.82, 2.24) is 9.80 Å². The number of hydrogen-bond acceptors (Lipinski definition) is 3. The maximum Gasteiger partial charge on any atom is 0.0995 e. The van der Waals surface area contributed by atoms with E-state index in [2.05, 4.69) is 59.2 Å². The van der Waals surface area contributed by atoms with Crippen LogP contribution >= 0.6 is 0 Å². The fourth-order valence-electron chi connectivity index (χ4n) is 3.26. The number of nitrogens with zero attached hydrogens (tertiary/aromatic N) is 3. The van der Waals surface area contributed by atoms with Crippen molar-refractivity contribution in [3.05, 3.63) is 71.3 Å². The molecule has 23 heavy (non-hydrogen) atoms. The van der Waals surface area contributed by atoms with E-state index in [1.165, 1.54) is 5.56 Å². The molecule has 1 aliphatic heterocycles. The lowest BCUT2D eigenvalue weighted by Gasteiger charge is -2.38. The molecule has 1 heterocycles. The smallest absolute Gasteiger partial charge is 0.0995 e. The van der Waals surface area contributed by atoms with E-state index in [-0.39, 0.29) is 0 Å². The van der Waals surface area contributed by atoms with Crippen LogP contribution < -0.4 is 0 Å². The zero-order chi connectivity index (χ0) is 16.1. The normalized spacial score (nSPS) is 17.6. The minimum Gasteiger partial charge on any atom is -0.296 e. The molecule has 1 atom stereocenters. The Morgan fingerprint density at radius 2 is 1.61 bits per heavy atom. The third-order valence-electron chi connectivity index (χ3n) is 4.77. The van der Waals surface area contributed by atoms with Crippen LogP contribution in [0.1, 0.15) is 29.7 Å². The first-order chi connectivity index (χ1) is 11.3. The molecule has 0 spiro atoms. The Morgan fingerprint density at radius 1 is 0.957 bits per heavy atom. The molecule has 3 nitrogen and oxygen atoms in total. The Hall–Kier alpha value is -2.15. The summed E-state index contributed by atoms with van der Waals surface area (Å²) in [5.74, 6) is 0. The Labute approximate surface area is 138 Å². The molecule has 1 fully saturated rings. The Balaban J connectivity index is 1.58. The van der Waals surface area contributed by atoms with Gasteiger partial charge in [0.1, 0.15) is 0 Å². The molecule has 0 aromatic heterocycles. The van der Waals surface area contributed by atoms with Crippen LogP contribution in [0.25, 0.3) is 0 Å². The summed E-state index contributed by atoms with van der Waals surface area (Å²) >= 11 is 0. The van der Waals surface area contributed by atoms with Gasteiger partial charge in [0.2, 0.25) is 0 Å². The molecule has 0 amide bonds. The average molecular weight is 305 g/mol. The topological polar surface area (TPSA) is 30.3 Å². The number of nitriles is 1. The average Bonchev–Trinajstić information content (AvgIpc) is 2.63. The highest BCUT2D eigenvalue weighted by atomic mass is 15.3. The van der Waals surface area contributed by atoms with E-state index in [0.29, 0.717) is 6.04 Å². The first kappa shape index (κ1) is 15.7. The summed E-state index contributed by atoms with van der Waals surface area (Å²) in [5.41, 5.74) is 3.32. The maximum atomic E-state index is 9.21. The molecule has 2 aromatic carbocycles. The summed E-state index contributed by atoms with van der Waals surface area (Å²) in [6.45, 7) is 7.41. The second-order valence-corrected chi connectivity index (χ2v) is 6.17. The number of piperazine rings is 1. The summed E-state index contributed by atoms with van der Waals surface area (Å²) in [6.07, 6.45) is 0. The summed E-state index contributed by atoms with van der Waals surface area (Å²) in [6, 6.07) is 21.4. The molecule has 0 N–H and O–H groups in total. The molecule has 0 radical (unpaired) electrons. The van der Waals surface area contributed by atoms with Crippen molar-refractivity contribution in [1.29, 1.82) is 5.26 Å². The van der Waals surface area contributed by atoms with Gasteiger partial charge in [-0.05, 0) is 24.1 Å². The van der Waals surface area contributed by atoms with Crippen LogP contribution in [-0.2, 0) is 6.54 Å². The summed E-state index contributed by atoms with van der Waals surface area (Å²) in [5, 5.41) is 9.21. The van der Waals surface area contributed by atoms with E-state index >= 15 is 0 Å². The van der Waals surface area contributed by atoms with Gasteiger partial charge in [-0.2, -0.15) is 5.26 Å². The van der Waals surface area contributed by atoms with E-state index in [1.807, 2.05) is 18.2 Å². The van der Waals surface area contributed by atoms with Crippen LogP contribution in [0.2, 0.25) is 0 Å². The van der Waals surface area contributed by atoms with Gasteiger partial charge in [-0.25, -0.2) is 0 Å². The molecule has 1 saturated heterocycles. The van der Waals surface area contributed by atoms with Crippen molar-refractivity contribution < 1.29 is 0 Å². The molecule has 1 aliphatic rings.